The molecule has 90 valence electrons. The zero-order valence-corrected chi connectivity index (χ0v) is 10.2. The SMILES string of the molecule is N#CC1CCCC1NC1CCCS(=O)(=O)C1. The summed E-state index contributed by atoms with van der Waals surface area (Å²) in [6.07, 6.45) is 4.72. The van der Waals surface area contributed by atoms with Crippen LogP contribution in [0.1, 0.15) is 32.1 Å². The lowest BCUT2D eigenvalue weighted by molar-refractivity contribution is 0.387. The summed E-state index contributed by atoms with van der Waals surface area (Å²) in [4.78, 5) is 0. The molecule has 16 heavy (non-hydrogen) atoms. The second kappa shape index (κ2) is 4.72. The molecule has 1 heterocycles. The third-order valence-corrected chi connectivity index (χ3v) is 5.42. The molecule has 0 aromatic heterocycles. The first kappa shape index (κ1) is 11.9. The average molecular weight is 242 g/mol. The Morgan fingerprint density at radius 1 is 1.19 bits per heavy atom. The Labute approximate surface area is 96.9 Å². The fraction of sp³-hybridized carbons (Fsp3) is 0.909. The summed E-state index contributed by atoms with van der Waals surface area (Å²) in [5.74, 6) is 0.656. The minimum Gasteiger partial charge on any atom is -0.309 e. The molecule has 0 aromatic carbocycles. The Morgan fingerprint density at radius 2 is 2.00 bits per heavy atom. The van der Waals surface area contributed by atoms with Gasteiger partial charge in [-0.3, -0.25) is 0 Å². The lowest BCUT2D eigenvalue weighted by atomic mass is 10.0. The van der Waals surface area contributed by atoms with Gasteiger partial charge in [0, 0.05) is 12.1 Å². The molecule has 5 heteroatoms. The molecule has 1 saturated heterocycles. The van der Waals surface area contributed by atoms with Crippen LogP contribution >= 0.6 is 0 Å². The van der Waals surface area contributed by atoms with Crippen molar-refractivity contribution in [1.82, 2.24) is 5.32 Å². The molecule has 0 spiro atoms. The molecule has 0 radical (unpaired) electrons. The second-order valence-corrected chi connectivity index (χ2v) is 7.12. The standard InChI is InChI=1S/C11H18N2O2S/c12-7-9-3-1-5-11(9)13-10-4-2-6-16(14,15)8-10/h9-11,13H,1-6,8H2. The molecule has 1 saturated carbocycles. The molecule has 3 atom stereocenters. The maximum absolute atomic E-state index is 11.5. The first-order chi connectivity index (χ1) is 7.61. The maximum atomic E-state index is 11.5. The zero-order valence-electron chi connectivity index (χ0n) is 9.35. The van der Waals surface area contributed by atoms with Crippen molar-refractivity contribution in [2.75, 3.05) is 11.5 Å². The molecule has 2 fully saturated rings. The molecule has 3 unspecified atom stereocenters. The van der Waals surface area contributed by atoms with Crippen LogP contribution in [-0.4, -0.2) is 32.0 Å². The van der Waals surface area contributed by atoms with Gasteiger partial charge in [0.15, 0.2) is 9.84 Å². The third-order valence-electron chi connectivity index (χ3n) is 3.59. The number of rotatable bonds is 2. The number of nitrogens with one attached hydrogen (secondary N) is 1. The van der Waals surface area contributed by atoms with E-state index in [-0.39, 0.29) is 23.8 Å². The van der Waals surface area contributed by atoms with Gasteiger partial charge in [0.05, 0.1) is 23.5 Å². The van der Waals surface area contributed by atoms with Gasteiger partial charge in [-0.15, -0.1) is 0 Å². The molecular formula is C11H18N2O2S. The van der Waals surface area contributed by atoms with Gasteiger partial charge in [0.2, 0.25) is 0 Å². The first-order valence-electron chi connectivity index (χ1n) is 5.97. The lowest BCUT2D eigenvalue weighted by Gasteiger charge is -2.27. The predicted molar refractivity (Wildman–Crippen MR) is 61.6 cm³/mol. The van der Waals surface area contributed by atoms with E-state index in [0.717, 1.165) is 32.1 Å². The Morgan fingerprint density at radius 3 is 2.69 bits per heavy atom. The second-order valence-electron chi connectivity index (χ2n) is 4.89. The summed E-state index contributed by atoms with van der Waals surface area (Å²) in [7, 11) is -2.84. The fourth-order valence-corrected chi connectivity index (χ4v) is 4.42. The molecule has 2 rings (SSSR count). The zero-order chi connectivity index (χ0) is 11.6. The molecule has 0 amide bonds. The molecule has 0 aromatic rings. The van der Waals surface area contributed by atoms with Gasteiger partial charge in [-0.1, -0.05) is 6.42 Å². The summed E-state index contributed by atoms with van der Waals surface area (Å²) >= 11 is 0. The van der Waals surface area contributed by atoms with Gasteiger partial charge in [0.25, 0.3) is 0 Å². The van der Waals surface area contributed by atoms with Crippen LogP contribution in [0.2, 0.25) is 0 Å². The van der Waals surface area contributed by atoms with Crippen LogP contribution in [0.25, 0.3) is 0 Å². The maximum Gasteiger partial charge on any atom is 0.151 e. The van der Waals surface area contributed by atoms with Gasteiger partial charge in [-0.25, -0.2) is 8.42 Å². The van der Waals surface area contributed by atoms with E-state index in [1.165, 1.54) is 0 Å². The highest BCUT2D eigenvalue weighted by molar-refractivity contribution is 7.91. The summed E-state index contributed by atoms with van der Waals surface area (Å²) in [5, 5.41) is 12.3. The topological polar surface area (TPSA) is 70.0 Å². The molecule has 1 aliphatic carbocycles. The summed E-state index contributed by atoms with van der Waals surface area (Å²) < 4.78 is 23.0. The minimum atomic E-state index is -2.84. The Hall–Kier alpha value is -0.600. The number of hydrogen-bond acceptors (Lipinski definition) is 4. The predicted octanol–water partition coefficient (Wildman–Crippen LogP) is 0.845. The van der Waals surface area contributed by atoms with Crippen LogP contribution in [-0.2, 0) is 9.84 Å². The minimum absolute atomic E-state index is 0.0673. The number of sulfone groups is 1. The smallest absolute Gasteiger partial charge is 0.151 e. The molecule has 2 aliphatic rings. The van der Waals surface area contributed by atoms with Crippen molar-refractivity contribution < 1.29 is 8.42 Å². The van der Waals surface area contributed by atoms with E-state index in [2.05, 4.69) is 11.4 Å². The molecule has 0 bridgehead atoms. The quantitative estimate of drug-likeness (QED) is 0.779. The highest BCUT2D eigenvalue weighted by atomic mass is 32.2. The highest BCUT2D eigenvalue weighted by Gasteiger charge is 2.32. The van der Waals surface area contributed by atoms with Crippen LogP contribution < -0.4 is 5.32 Å². The van der Waals surface area contributed by atoms with Crippen molar-refractivity contribution in [2.24, 2.45) is 5.92 Å². The number of hydrogen-bond donors (Lipinski definition) is 1. The van der Waals surface area contributed by atoms with Gasteiger partial charge in [0.1, 0.15) is 0 Å². The third kappa shape index (κ3) is 2.74. The normalized spacial score (nSPS) is 38.1. The Balaban J connectivity index is 1.92. The average Bonchev–Trinajstić information content (AvgIpc) is 2.63. The summed E-state index contributed by atoms with van der Waals surface area (Å²) in [6.45, 7) is 0. The fourth-order valence-electron chi connectivity index (χ4n) is 2.77. The molecule has 4 nitrogen and oxygen atoms in total. The molecule has 1 aliphatic heterocycles. The van der Waals surface area contributed by atoms with Crippen molar-refractivity contribution in [1.29, 1.82) is 5.26 Å². The number of nitriles is 1. The van der Waals surface area contributed by atoms with E-state index in [1.807, 2.05) is 0 Å². The van der Waals surface area contributed by atoms with E-state index in [9.17, 15) is 8.42 Å². The van der Waals surface area contributed by atoms with Gasteiger partial charge in [-0.05, 0) is 25.7 Å². The summed E-state index contributed by atoms with van der Waals surface area (Å²) in [6, 6.07) is 2.59. The van der Waals surface area contributed by atoms with Crippen molar-refractivity contribution in [3.63, 3.8) is 0 Å². The van der Waals surface area contributed by atoms with Crippen LogP contribution in [0.15, 0.2) is 0 Å². The first-order valence-corrected chi connectivity index (χ1v) is 7.79. The van der Waals surface area contributed by atoms with E-state index >= 15 is 0 Å². The lowest BCUT2D eigenvalue weighted by Crippen LogP contribution is -2.46. The van der Waals surface area contributed by atoms with Crippen molar-refractivity contribution in [2.45, 2.75) is 44.2 Å². The highest BCUT2D eigenvalue weighted by Crippen LogP contribution is 2.26. The van der Waals surface area contributed by atoms with Gasteiger partial charge < -0.3 is 5.32 Å². The van der Waals surface area contributed by atoms with Crippen LogP contribution in [0, 0.1) is 17.2 Å². The van der Waals surface area contributed by atoms with E-state index in [1.54, 1.807) is 0 Å². The van der Waals surface area contributed by atoms with Gasteiger partial charge >= 0.3 is 0 Å². The van der Waals surface area contributed by atoms with Gasteiger partial charge in [-0.2, -0.15) is 5.26 Å². The van der Waals surface area contributed by atoms with E-state index in [4.69, 9.17) is 5.26 Å². The number of nitrogens with zero attached hydrogens (tertiary/aromatic N) is 1. The van der Waals surface area contributed by atoms with E-state index < -0.39 is 9.84 Å². The van der Waals surface area contributed by atoms with Crippen LogP contribution in [0.5, 0.6) is 0 Å². The Kier molecular flexibility index (Phi) is 3.50. The summed E-state index contributed by atoms with van der Waals surface area (Å²) in [5.41, 5.74) is 0. The largest absolute Gasteiger partial charge is 0.309 e. The Bertz CT molecular complexity index is 385. The monoisotopic (exact) mass is 242 g/mol. The van der Waals surface area contributed by atoms with E-state index in [0.29, 0.717) is 5.75 Å². The van der Waals surface area contributed by atoms with Crippen LogP contribution in [0.3, 0.4) is 0 Å². The molecular weight excluding hydrogens is 224 g/mol. The van der Waals surface area contributed by atoms with Crippen molar-refractivity contribution in [3.05, 3.63) is 0 Å². The van der Waals surface area contributed by atoms with Crippen LogP contribution in [0.4, 0.5) is 0 Å². The van der Waals surface area contributed by atoms with Crippen molar-refractivity contribution in [3.8, 4) is 6.07 Å². The molecule has 1 N–H and O–H groups in total. The van der Waals surface area contributed by atoms with Crippen molar-refractivity contribution >= 4 is 9.84 Å².